The van der Waals surface area contributed by atoms with Gasteiger partial charge >= 0.3 is 6.09 Å². The minimum atomic E-state index is -0.182. The molecule has 0 atom stereocenters. The van der Waals surface area contributed by atoms with Gasteiger partial charge in [-0.3, -0.25) is 10.2 Å². The van der Waals surface area contributed by atoms with Crippen LogP contribution in [-0.2, 0) is 9.53 Å². The molecule has 1 saturated carbocycles. The Morgan fingerprint density at radius 3 is 2.60 bits per heavy atom. The second kappa shape index (κ2) is 6.13. The maximum absolute atomic E-state index is 11.8. The van der Waals surface area contributed by atoms with Crippen molar-refractivity contribution in [3.8, 4) is 0 Å². The quantitative estimate of drug-likeness (QED) is 0.811. The molecule has 2 spiro atoms. The maximum Gasteiger partial charge on any atom is 0.409 e. The minimum absolute atomic E-state index is 0.0405. The third-order valence-corrected chi connectivity index (χ3v) is 7.09. The molecule has 2 amide bonds. The molecule has 3 aliphatic heterocycles. The zero-order chi connectivity index (χ0) is 17.7. The number of amides is 2. The first kappa shape index (κ1) is 17.1. The van der Waals surface area contributed by atoms with Crippen molar-refractivity contribution in [3.63, 3.8) is 0 Å². The lowest BCUT2D eigenvalue weighted by Crippen LogP contribution is -2.59. The van der Waals surface area contributed by atoms with Gasteiger partial charge in [-0.15, -0.1) is 0 Å². The van der Waals surface area contributed by atoms with E-state index in [1.165, 1.54) is 20.0 Å². The molecule has 1 N–H and O–H groups in total. The molecular weight excluding hydrogens is 320 g/mol. The monoisotopic (exact) mass is 350 g/mol. The van der Waals surface area contributed by atoms with Crippen LogP contribution in [0.15, 0.2) is 0 Å². The molecule has 0 aromatic rings. The number of piperidine rings is 1. The van der Waals surface area contributed by atoms with Crippen molar-refractivity contribution in [1.82, 2.24) is 20.2 Å². The van der Waals surface area contributed by atoms with E-state index in [4.69, 9.17) is 4.74 Å². The van der Waals surface area contributed by atoms with Crippen molar-refractivity contribution in [2.24, 2.45) is 5.41 Å². The standard InChI is InChI=1S/C18H30N4O3/c1-3-22-18(12-15(23)19-22)5-8-20(9-6-18)14-10-17(11-14)4-7-21(13-17)16(24)25-2/h14H,3-13H2,1-2H3,(H,19,23). The number of hydrogen-bond acceptors (Lipinski definition) is 5. The fourth-order valence-electron chi connectivity index (χ4n) is 5.62. The van der Waals surface area contributed by atoms with Gasteiger partial charge in [0.25, 0.3) is 0 Å². The highest BCUT2D eigenvalue weighted by molar-refractivity contribution is 5.79. The van der Waals surface area contributed by atoms with Crippen molar-refractivity contribution in [3.05, 3.63) is 0 Å². The smallest absolute Gasteiger partial charge is 0.409 e. The number of likely N-dealkylation sites (tertiary alicyclic amines) is 2. The molecule has 7 heteroatoms. The van der Waals surface area contributed by atoms with Gasteiger partial charge in [-0.05, 0) is 37.5 Å². The van der Waals surface area contributed by atoms with E-state index in [2.05, 4.69) is 22.3 Å². The summed E-state index contributed by atoms with van der Waals surface area (Å²) in [6, 6.07) is 0.648. The molecule has 3 heterocycles. The molecule has 0 unspecified atom stereocenters. The van der Waals surface area contributed by atoms with Gasteiger partial charge in [0.15, 0.2) is 0 Å². The Balaban J connectivity index is 1.29. The van der Waals surface area contributed by atoms with E-state index in [-0.39, 0.29) is 17.5 Å². The van der Waals surface area contributed by atoms with E-state index in [0.29, 0.717) is 17.9 Å². The van der Waals surface area contributed by atoms with Gasteiger partial charge in [0, 0.05) is 45.2 Å². The lowest BCUT2D eigenvalue weighted by atomic mass is 9.64. The van der Waals surface area contributed by atoms with Crippen molar-refractivity contribution < 1.29 is 14.3 Å². The second-order valence-corrected chi connectivity index (χ2v) is 8.42. The molecule has 0 aromatic carbocycles. The Kier molecular flexibility index (Phi) is 4.19. The first-order valence-electron chi connectivity index (χ1n) is 9.63. The van der Waals surface area contributed by atoms with Crippen LogP contribution in [0.1, 0.15) is 45.4 Å². The Hall–Kier alpha value is -1.34. The summed E-state index contributed by atoms with van der Waals surface area (Å²) in [4.78, 5) is 28.0. The molecule has 4 rings (SSSR count). The number of nitrogens with one attached hydrogen (secondary N) is 1. The molecule has 4 aliphatic rings. The Labute approximate surface area is 149 Å². The van der Waals surface area contributed by atoms with Crippen molar-refractivity contribution in [2.45, 2.75) is 57.0 Å². The van der Waals surface area contributed by atoms with E-state index < -0.39 is 0 Å². The Morgan fingerprint density at radius 1 is 1.24 bits per heavy atom. The molecule has 7 nitrogen and oxygen atoms in total. The topological polar surface area (TPSA) is 65.1 Å². The lowest BCUT2D eigenvalue weighted by Gasteiger charge is -2.53. The summed E-state index contributed by atoms with van der Waals surface area (Å²) in [5.74, 6) is 0.173. The second-order valence-electron chi connectivity index (χ2n) is 8.42. The van der Waals surface area contributed by atoms with Crippen LogP contribution in [0.4, 0.5) is 4.79 Å². The number of hydrogen-bond donors (Lipinski definition) is 1. The average molecular weight is 350 g/mol. The summed E-state index contributed by atoms with van der Waals surface area (Å²) in [5.41, 5.74) is 3.39. The van der Waals surface area contributed by atoms with Crippen LogP contribution >= 0.6 is 0 Å². The van der Waals surface area contributed by atoms with Gasteiger partial charge in [0.1, 0.15) is 0 Å². The SMILES string of the molecule is CCN1NC(=O)CC12CCN(C1CC3(CCN(C(=O)OC)C3)C1)CC2. The van der Waals surface area contributed by atoms with Crippen LogP contribution in [0.3, 0.4) is 0 Å². The predicted octanol–water partition coefficient (Wildman–Crippen LogP) is 1.20. The van der Waals surface area contributed by atoms with Gasteiger partial charge in [0.2, 0.25) is 5.91 Å². The van der Waals surface area contributed by atoms with E-state index in [1.54, 1.807) is 0 Å². The zero-order valence-corrected chi connectivity index (χ0v) is 15.4. The van der Waals surface area contributed by atoms with Gasteiger partial charge < -0.3 is 14.5 Å². The Morgan fingerprint density at radius 2 is 1.96 bits per heavy atom. The predicted molar refractivity (Wildman–Crippen MR) is 92.7 cm³/mol. The summed E-state index contributed by atoms with van der Waals surface area (Å²) in [6.07, 6.45) is 6.10. The zero-order valence-electron chi connectivity index (χ0n) is 15.4. The van der Waals surface area contributed by atoms with Crippen LogP contribution in [0.2, 0.25) is 0 Å². The number of carbonyl (C=O) groups is 2. The highest BCUT2D eigenvalue weighted by atomic mass is 16.5. The van der Waals surface area contributed by atoms with Crippen molar-refractivity contribution in [2.75, 3.05) is 39.8 Å². The van der Waals surface area contributed by atoms with Crippen molar-refractivity contribution >= 4 is 12.0 Å². The molecule has 1 aliphatic carbocycles. The normalized spacial score (nSPS) is 35.2. The lowest BCUT2D eigenvalue weighted by molar-refractivity contribution is -0.120. The van der Waals surface area contributed by atoms with E-state index in [0.717, 1.165) is 52.0 Å². The number of ether oxygens (including phenoxy) is 1. The molecule has 3 saturated heterocycles. The third-order valence-electron chi connectivity index (χ3n) is 7.09. The molecule has 4 fully saturated rings. The van der Waals surface area contributed by atoms with Gasteiger partial charge in [-0.1, -0.05) is 6.92 Å². The Bertz CT molecular complexity index is 553. The first-order chi connectivity index (χ1) is 12.0. The van der Waals surface area contributed by atoms with Crippen LogP contribution in [-0.4, -0.2) is 78.2 Å². The number of methoxy groups -OCH3 is 1. The van der Waals surface area contributed by atoms with Crippen LogP contribution in [0, 0.1) is 5.41 Å². The molecular formula is C18H30N4O3. The van der Waals surface area contributed by atoms with E-state index in [9.17, 15) is 9.59 Å². The average Bonchev–Trinajstić information content (AvgIpc) is 3.16. The number of hydrazine groups is 1. The van der Waals surface area contributed by atoms with Crippen LogP contribution in [0.25, 0.3) is 0 Å². The van der Waals surface area contributed by atoms with Crippen molar-refractivity contribution in [1.29, 1.82) is 0 Å². The molecule has 0 radical (unpaired) electrons. The first-order valence-corrected chi connectivity index (χ1v) is 9.63. The highest BCUT2D eigenvalue weighted by Gasteiger charge is 2.53. The number of carbonyl (C=O) groups excluding carboxylic acids is 2. The third kappa shape index (κ3) is 2.81. The fourth-order valence-corrected chi connectivity index (χ4v) is 5.62. The van der Waals surface area contributed by atoms with Gasteiger partial charge in [0.05, 0.1) is 12.6 Å². The van der Waals surface area contributed by atoms with E-state index >= 15 is 0 Å². The summed E-state index contributed by atoms with van der Waals surface area (Å²) in [5, 5.41) is 2.17. The maximum atomic E-state index is 11.8. The molecule has 0 aromatic heterocycles. The molecule has 25 heavy (non-hydrogen) atoms. The van der Waals surface area contributed by atoms with Crippen LogP contribution < -0.4 is 5.43 Å². The molecule has 0 bridgehead atoms. The summed E-state index contributed by atoms with van der Waals surface area (Å²) in [7, 11) is 1.46. The minimum Gasteiger partial charge on any atom is -0.453 e. The summed E-state index contributed by atoms with van der Waals surface area (Å²) < 4.78 is 4.86. The van der Waals surface area contributed by atoms with E-state index in [1.807, 2.05) is 4.90 Å². The van der Waals surface area contributed by atoms with Gasteiger partial charge in [-0.2, -0.15) is 0 Å². The largest absolute Gasteiger partial charge is 0.453 e. The summed E-state index contributed by atoms with van der Waals surface area (Å²) in [6.45, 7) is 6.84. The molecule has 140 valence electrons. The van der Waals surface area contributed by atoms with Crippen LogP contribution in [0.5, 0.6) is 0 Å². The number of rotatable bonds is 2. The highest BCUT2D eigenvalue weighted by Crippen LogP contribution is 2.51. The number of nitrogens with zero attached hydrogens (tertiary/aromatic N) is 3. The fraction of sp³-hybridized carbons (Fsp3) is 0.889. The summed E-state index contributed by atoms with van der Waals surface area (Å²) >= 11 is 0. The van der Waals surface area contributed by atoms with Gasteiger partial charge in [-0.25, -0.2) is 9.80 Å².